The summed E-state index contributed by atoms with van der Waals surface area (Å²) in [7, 11) is 0. The van der Waals surface area contributed by atoms with Crippen LogP contribution in [0.15, 0.2) is 28.7 Å². The number of hydrogen-bond acceptors (Lipinski definition) is 5. The molecule has 1 aliphatic carbocycles. The number of rotatable bonds is 10. The van der Waals surface area contributed by atoms with Gasteiger partial charge in [-0.05, 0) is 63.3 Å². The van der Waals surface area contributed by atoms with E-state index in [9.17, 15) is 9.90 Å². The highest BCUT2D eigenvalue weighted by Gasteiger charge is 2.26. The van der Waals surface area contributed by atoms with Crippen molar-refractivity contribution in [2.75, 3.05) is 5.75 Å². The van der Waals surface area contributed by atoms with Gasteiger partial charge in [0.2, 0.25) is 5.89 Å². The van der Waals surface area contributed by atoms with E-state index in [1.807, 2.05) is 26.0 Å². The predicted molar refractivity (Wildman–Crippen MR) is 121 cm³/mol. The average molecular weight is 432 g/mol. The number of ether oxygens (including phenoxy) is 1. The van der Waals surface area contributed by atoms with Crippen LogP contribution in [0.2, 0.25) is 0 Å². The van der Waals surface area contributed by atoms with Crippen molar-refractivity contribution >= 4 is 17.7 Å². The zero-order valence-electron chi connectivity index (χ0n) is 18.2. The Labute approximate surface area is 183 Å². The van der Waals surface area contributed by atoms with Crippen molar-refractivity contribution in [1.82, 2.24) is 4.98 Å². The van der Waals surface area contributed by atoms with Crippen molar-refractivity contribution in [3.05, 3.63) is 41.3 Å². The molecule has 0 saturated heterocycles. The number of carboxylic acids is 1. The molecule has 2 aromatic rings. The topological polar surface area (TPSA) is 72.6 Å². The maximum Gasteiger partial charge on any atom is 0.316 e. The Bertz CT molecular complexity index is 817. The first-order chi connectivity index (χ1) is 14.5. The zero-order valence-corrected chi connectivity index (χ0v) is 19.0. The smallest absolute Gasteiger partial charge is 0.316 e. The number of carboxylic acid groups (broad SMARTS) is 1. The number of aryl methyl sites for hydroxylation is 2. The second-order valence-corrected chi connectivity index (χ2v) is 9.54. The largest absolute Gasteiger partial charge is 0.480 e. The van der Waals surface area contributed by atoms with Crippen LogP contribution in [-0.4, -0.2) is 33.2 Å². The van der Waals surface area contributed by atoms with Crippen molar-refractivity contribution in [2.45, 2.75) is 77.3 Å². The molecule has 0 amide bonds. The van der Waals surface area contributed by atoms with Crippen LogP contribution in [0.1, 0.15) is 62.5 Å². The van der Waals surface area contributed by atoms with E-state index in [4.69, 9.17) is 9.15 Å². The van der Waals surface area contributed by atoms with Gasteiger partial charge in [-0.3, -0.25) is 4.79 Å². The number of thioether (sulfide) groups is 1. The molecule has 1 N–H and O–H groups in total. The lowest BCUT2D eigenvalue weighted by atomic mass is 9.88. The summed E-state index contributed by atoms with van der Waals surface area (Å²) in [6, 6.07) is 8.16. The molecular weight excluding hydrogens is 398 g/mol. The molecule has 1 fully saturated rings. The summed E-state index contributed by atoms with van der Waals surface area (Å²) >= 11 is 1.60. The fraction of sp³-hybridized carbons (Fsp3) is 0.583. The Hall–Kier alpha value is -1.79. The molecule has 0 bridgehead atoms. The quantitative estimate of drug-likeness (QED) is 0.496. The van der Waals surface area contributed by atoms with Gasteiger partial charge >= 0.3 is 5.97 Å². The highest BCUT2D eigenvalue weighted by Crippen LogP contribution is 2.32. The first-order valence-corrected chi connectivity index (χ1v) is 12.0. The van der Waals surface area contributed by atoms with Crippen molar-refractivity contribution < 1.29 is 19.1 Å². The molecule has 1 aromatic carbocycles. The summed E-state index contributed by atoms with van der Waals surface area (Å²) in [4.78, 5) is 16.0. The molecule has 164 valence electrons. The van der Waals surface area contributed by atoms with E-state index in [-0.39, 0.29) is 11.4 Å². The maximum atomic E-state index is 11.4. The fourth-order valence-corrected chi connectivity index (χ4v) is 5.27. The number of aromatic nitrogens is 1. The highest BCUT2D eigenvalue weighted by molar-refractivity contribution is 8.00. The van der Waals surface area contributed by atoms with E-state index in [2.05, 4.69) is 24.0 Å². The lowest BCUT2D eigenvalue weighted by Crippen LogP contribution is -2.26. The molecule has 0 radical (unpaired) electrons. The molecule has 1 heterocycles. The summed E-state index contributed by atoms with van der Waals surface area (Å²) in [6.45, 7) is 6.49. The molecule has 3 unspecified atom stereocenters. The molecule has 1 saturated carbocycles. The number of nitrogens with zero attached hydrogens (tertiary/aromatic N) is 1. The standard InChI is InChI=1S/C24H33NO4S/c1-4-6-22(24(26)27)30-15-18-7-5-8-20(13-18)28-14-21-17(3)29-23(25-21)19-11-9-16(2)10-12-19/h9-12,18,20,22H,4-8,13-15H2,1-3H3,(H,26,27). The van der Waals surface area contributed by atoms with Gasteiger partial charge in [0.05, 0.1) is 12.7 Å². The van der Waals surface area contributed by atoms with Gasteiger partial charge in [-0.25, -0.2) is 4.98 Å². The summed E-state index contributed by atoms with van der Waals surface area (Å²) in [6.07, 6.45) is 6.19. The normalized spacial score (nSPS) is 20.2. The van der Waals surface area contributed by atoms with Gasteiger partial charge in [0.25, 0.3) is 0 Å². The van der Waals surface area contributed by atoms with Crippen LogP contribution in [0.3, 0.4) is 0 Å². The molecule has 3 atom stereocenters. The minimum atomic E-state index is -0.684. The van der Waals surface area contributed by atoms with Crippen LogP contribution < -0.4 is 0 Å². The molecule has 1 aromatic heterocycles. The van der Waals surface area contributed by atoms with E-state index in [0.717, 1.165) is 61.3 Å². The molecule has 30 heavy (non-hydrogen) atoms. The van der Waals surface area contributed by atoms with Gasteiger partial charge in [0.1, 0.15) is 16.7 Å². The first-order valence-electron chi connectivity index (χ1n) is 11.0. The second kappa shape index (κ2) is 11.0. The van der Waals surface area contributed by atoms with Gasteiger partial charge in [-0.15, -0.1) is 11.8 Å². The number of oxazole rings is 1. The Morgan fingerprint density at radius 2 is 2.07 bits per heavy atom. The number of hydrogen-bond donors (Lipinski definition) is 1. The minimum absolute atomic E-state index is 0.206. The van der Waals surface area contributed by atoms with Crippen LogP contribution in [0.4, 0.5) is 0 Å². The lowest BCUT2D eigenvalue weighted by Gasteiger charge is -2.29. The van der Waals surface area contributed by atoms with Gasteiger partial charge < -0.3 is 14.3 Å². The first kappa shape index (κ1) is 22.9. The summed E-state index contributed by atoms with van der Waals surface area (Å²) in [5.41, 5.74) is 3.04. The van der Waals surface area contributed by atoms with Crippen molar-refractivity contribution in [1.29, 1.82) is 0 Å². The van der Waals surface area contributed by atoms with Crippen LogP contribution in [0.25, 0.3) is 11.5 Å². The van der Waals surface area contributed by atoms with Gasteiger partial charge in [-0.1, -0.05) is 37.5 Å². The van der Waals surface area contributed by atoms with E-state index >= 15 is 0 Å². The van der Waals surface area contributed by atoms with Gasteiger partial charge in [0, 0.05) is 5.56 Å². The Morgan fingerprint density at radius 3 is 2.77 bits per heavy atom. The number of carbonyl (C=O) groups is 1. The van der Waals surface area contributed by atoms with Crippen molar-refractivity contribution in [2.24, 2.45) is 5.92 Å². The zero-order chi connectivity index (χ0) is 21.5. The second-order valence-electron chi connectivity index (χ2n) is 8.30. The van der Waals surface area contributed by atoms with Crippen LogP contribution in [0.5, 0.6) is 0 Å². The molecule has 5 nitrogen and oxygen atoms in total. The third-order valence-corrected chi connectivity index (χ3v) is 7.24. The highest BCUT2D eigenvalue weighted by atomic mass is 32.2. The molecule has 3 rings (SSSR count). The fourth-order valence-electron chi connectivity index (χ4n) is 3.92. The van der Waals surface area contributed by atoms with Gasteiger partial charge in [-0.2, -0.15) is 0 Å². The third kappa shape index (κ3) is 6.35. The van der Waals surface area contributed by atoms with E-state index in [1.165, 1.54) is 5.56 Å². The lowest BCUT2D eigenvalue weighted by molar-refractivity contribution is -0.136. The van der Waals surface area contributed by atoms with Gasteiger partial charge in [0.15, 0.2) is 0 Å². The van der Waals surface area contributed by atoms with E-state index in [0.29, 0.717) is 18.4 Å². The molecule has 1 aliphatic rings. The Morgan fingerprint density at radius 1 is 1.30 bits per heavy atom. The van der Waals surface area contributed by atoms with Crippen molar-refractivity contribution in [3.8, 4) is 11.5 Å². The Kier molecular flexibility index (Phi) is 8.40. The van der Waals surface area contributed by atoms with E-state index < -0.39 is 5.97 Å². The minimum Gasteiger partial charge on any atom is -0.480 e. The molecule has 0 spiro atoms. The summed E-state index contributed by atoms with van der Waals surface area (Å²) < 4.78 is 12.1. The Balaban J connectivity index is 1.51. The maximum absolute atomic E-state index is 11.4. The number of aliphatic carboxylic acids is 1. The predicted octanol–water partition coefficient (Wildman–Crippen LogP) is 6.02. The van der Waals surface area contributed by atoms with Crippen LogP contribution in [0, 0.1) is 19.8 Å². The SMILES string of the molecule is CCCC(SCC1CCCC(OCc2nc(-c3ccc(C)cc3)oc2C)C1)C(=O)O. The molecule has 6 heteroatoms. The van der Waals surface area contributed by atoms with Crippen molar-refractivity contribution in [3.63, 3.8) is 0 Å². The monoisotopic (exact) mass is 431 g/mol. The van der Waals surface area contributed by atoms with Crippen LogP contribution in [-0.2, 0) is 16.1 Å². The summed E-state index contributed by atoms with van der Waals surface area (Å²) in [5, 5.41) is 9.08. The molecular formula is C24H33NO4S. The molecule has 0 aliphatic heterocycles. The summed E-state index contributed by atoms with van der Waals surface area (Å²) in [5.74, 6) is 2.18. The number of benzene rings is 1. The van der Waals surface area contributed by atoms with Crippen LogP contribution >= 0.6 is 11.8 Å². The van der Waals surface area contributed by atoms with E-state index in [1.54, 1.807) is 11.8 Å². The average Bonchev–Trinajstić information content (AvgIpc) is 3.10. The third-order valence-electron chi connectivity index (χ3n) is 5.74.